The Balaban J connectivity index is 3.03. The third-order valence-electron chi connectivity index (χ3n) is 2.58. The molecule has 0 radical (unpaired) electrons. The number of rotatable bonds is 6. The number of methoxy groups -OCH3 is 2. The molecule has 0 amide bonds. The van der Waals surface area contributed by atoms with Crippen molar-refractivity contribution in [2.75, 3.05) is 20.8 Å². The number of likely N-dealkylation sites (N-methyl/N-ethyl adjacent to an activating group) is 1. The molecule has 1 unspecified atom stereocenters. The normalized spacial score (nSPS) is 13.1. The van der Waals surface area contributed by atoms with Crippen molar-refractivity contribution < 1.29 is 13.9 Å². The van der Waals surface area contributed by atoms with Gasteiger partial charge in [0.1, 0.15) is 5.82 Å². The summed E-state index contributed by atoms with van der Waals surface area (Å²) in [6, 6.07) is 4.76. The van der Waals surface area contributed by atoms with Crippen molar-refractivity contribution in [3.8, 4) is 0 Å². The van der Waals surface area contributed by atoms with Gasteiger partial charge in [-0.3, -0.25) is 0 Å². The highest BCUT2D eigenvalue weighted by Gasteiger charge is 2.22. The van der Waals surface area contributed by atoms with Crippen LogP contribution in [0.3, 0.4) is 0 Å². The van der Waals surface area contributed by atoms with Crippen LogP contribution < -0.4 is 5.32 Å². The van der Waals surface area contributed by atoms with Gasteiger partial charge in [-0.25, -0.2) is 4.39 Å². The zero-order chi connectivity index (χ0) is 12.8. The van der Waals surface area contributed by atoms with Gasteiger partial charge in [0.05, 0.1) is 6.04 Å². The van der Waals surface area contributed by atoms with E-state index < -0.39 is 6.29 Å². The van der Waals surface area contributed by atoms with E-state index in [1.54, 1.807) is 14.2 Å². The van der Waals surface area contributed by atoms with Crippen LogP contribution in [-0.4, -0.2) is 27.1 Å². The number of hydrogen-bond donors (Lipinski definition) is 1. The third kappa shape index (κ3) is 3.77. The Labute approximate surface area is 102 Å². The zero-order valence-electron chi connectivity index (χ0n) is 10.8. The van der Waals surface area contributed by atoms with E-state index in [-0.39, 0.29) is 11.9 Å². The Bertz CT molecular complexity index is 333. The quantitative estimate of drug-likeness (QED) is 0.776. The molecule has 0 fully saturated rings. The summed E-state index contributed by atoms with van der Waals surface area (Å²) < 4.78 is 23.9. The molecule has 0 spiro atoms. The minimum Gasteiger partial charge on any atom is -0.354 e. The van der Waals surface area contributed by atoms with Gasteiger partial charge < -0.3 is 14.8 Å². The van der Waals surface area contributed by atoms with Crippen molar-refractivity contribution in [3.05, 3.63) is 35.1 Å². The van der Waals surface area contributed by atoms with Crippen LogP contribution in [0.4, 0.5) is 4.39 Å². The van der Waals surface area contributed by atoms with Gasteiger partial charge in [-0.15, -0.1) is 0 Å². The van der Waals surface area contributed by atoms with Gasteiger partial charge in [-0.2, -0.15) is 0 Å². The van der Waals surface area contributed by atoms with E-state index in [1.165, 1.54) is 12.1 Å². The van der Waals surface area contributed by atoms with Crippen molar-refractivity contribution in [3.63, 3.8) is 0 Å². The average molecular weight is 241 g/mol. The predicted molar refractivity (Wildman–Crippen MR) is 65.4 cm³/mol. The predicted octanol–water partition coefficient (Wildman–Crippen LogP) is 2.40. The van der Waals surface area contributed by atoms with Crippen molar-refractivity contribution in [2.45, 2.75) is 26.2 Å². The molecule has 0 aromatic heterocycles. The minimum atomic E-state index is -0.434. The van der Waals surface area contributed by atoms with Crippen LogP contribution >= 0.6 is 0 Å². The van der Waals surface area contributed by atoms with Crippen LogP contribution in [0.15, 0.2) is 18.2 Å². The standard InChI is InChI=1S/C13H20FNO2/c1-5-15-12(13(16-3)17-4)10-6-9(2)7-11(14)8-10/h6-8,12-13,15H,5H2,1-4H3. The Morgan fingerprint density at radius 2 is 1.88 bits per heavy atom. The van der Waals surface area contributed by atoms with E-state index in [9.17, 15) is 4.39 Å². The molecule has 3 nitrogen and oxygen atoms in total. The lowest BCUT2D eigenvalue weighted by Gasteiger charge is -2.26. The summed E-state index contributed by atoms with van der Waals surface area (Å²) in [5, 5.41) is 3.24. The van der Waals surface area contributed by atoms with E-state index in [0.717, 1.165) is 17.7 Å². The number of ether oxygens (including phenoxy) is 2. The summed E-state index contributed by atoms with van der Waals surface area (Å²) in [4.78, 5) is 0. The summed E-state index contributed by atoms with van der Waals surface area (Å²) in [6.45, 7) is 4.61. The molecule has 4 heteroatoms. The summed E-state index contributed by atoms with van der Waals surface area (Å²) in [5.41, 5.74) is 1.71. The third-order valence-corrected chi connectivity index (χ3v) is 2.58. The van der Waals surface area contributed by atoms with E-state index in [4.69, 9.17) is 9.47 Å². The number of benzene rings is 1. The van der Waals surface area contributed by atoms with Gasteiger partial charge in [0.15, 0.2) is 6.29 Å². The highest BCUT2D eigenvalue weighted by atomic mass is 19.1. The number of nitrogens with one attached hydrogen (secondary N) is 1. The van der Waals surface area contributed by atoms with Gasteiger partial charge >= 0.3 is 0 Å². The maximum Gasteiger partial charge on any atom is 0.176 e. The van der Waals surface area contributed by atoms with Gasteiger partial charge in [0, 0.05) is 14.2 Å². The summed E-state index contributed by atoms with van der Waals surface area (Å²) in [5.74, 6) is -0.242. The Hall–Kier alpha value is -0.970. The molecule has 1 N–H and O–H groups in total. The Kier molecular flexibility index (Phi) is 5.55. The van der Waals surface area contributed by atoms with Gasteiger partial charge in [0.25, 0.3) is 0 Å². The molecule has 0 bridgehead atoms. The summed E-state index contributed by atoms with van der Waals surface area (Å²) in [7, 11) is 3.15. The first-order valence-corrected chi connectivity index (χ1v) is 5.68. The van der Waals surface area contributed by atoms with Crippen LogP contribution in [0.2, 0.25) is 0 Å². The second kappa shape index (κ2) is 6.69. The van der Waals surface area contributed by atoms with E-state index >= 15 is 0 Å². The molecule has 96 valence electrons. The molecular weight excluding hydrogens is 221 g/mol. The van der Waals surface area contributed by atoms with Crippen molar-refractivity contribution >= 4 is 0 Å². The van der Waals surface area contributed by atoms with Crippen molar-refractivity contribution in [1.29, 1.82) is 0 Å². The van der Waals surface area contributed by atoms with Gasteiger partial charge in [-0.05, 0) is 36.7 Å². The number of halogens is 1. The molecule has 0 saturated carbocycles. The molecule has 0 aliphatic heterocycles. The lowest BCUT2D eigenvalue weighted by atomic mass is 10.0. The van der Waals surface area contributed by atoms with E-state index in [0.29, 0.717) is 0 Å². The average Bonchev–Trinajstić information content (AvgIpc) is 2.28. The highest BCUT2D eigenvalue weighted by molar-refractivity contribution is 5.26. The monoisotopic (exact) mass is 241 g/mol. The molecule has 1 atom stereocenters. The first-order chi connectivity index (χ1) is 8.12. The lowest BCUT2D eigenvalue weighted by Crippen LogP contribution is -2.34. The van der Waals surface area contributed by atoms with Crippen LogP contribution in [0.25, 0.3) is 0 Å². The minimum absolute atomic E-state index is 0.176. The molecule has 0 heterocycles. The van der Waals surface area contributed by atoms with Crippen molar-refractivity contribution in [2.24, 2.45) is 0 Å². The molecule has 0 saturated heterocycles. The number of aryl methyl sites for hydroxylation is 1. The molecule has 0 aliphatic rings. The molecule has 1 aromatic rings. The zero-order valence-corrected chi connectivity index (χ0v) is 10.8. The fraction of sp³-hybridized carbons (Fsp3) is 0.538. The Morgan fingerprint density at radius 1 is 1.24 bits per heavy atom. The van der Waals surface area contributed by atoms with E-state index in [1.807, 2.05) is 19.9 Å². The molecule has 17 heavy (non-hydrogen) atoms. The lowest BCUT2D eigenvalue weighted by molar-refractivity contribution is -0.124. The molecule has 1 rings (SSSR count). The molecule has 0 aliphatic carbocycles. The van der Waals surface area contributed by atoms with Crippen LogP contribution in [0.1, 0.15) is 24.1 Å². The first-order valence-electron chi connectivity index (χ1n) is 5.68. The Morgan fingerprint density at radius 3 is 2.35 bits per heavy atom. The maximum absolute atomic E-state index is 13.4. The fourth-order valence-corrected chi connectivity index (χ4v) is 1.90. The second-order valence-electron chi connectivity index (χ2n) is 3.94. The van der Waals surface area contributed by atoms with Crippen LogP contribution in [-0.2, 0) is 9.47 Å². The van der Waals surface area contributed by atoms with Crippen LogP contribution in [0.5, 0.6) is 0 Å². The van der Waals surface area contributed by atoms with Gasteiger partial charge in [-0.1, -0.05) is 13.0 Å². The molecule has 1 aromatic carbocycles. The SMILES string of the molecule is CCNC(c1cc(C)cc(F)c1)C(OC)OC. The topological polar surface area (TPSA) is 30.5 Å². The summed E-state index contributed by atoms with van der Waals surface area (Å²) >= 11 is 0. The second-order valence-corrected chi connectivity index (χ2v) is 3.94. The maximum atomic E-state index is 13.4. The number of hydrogen-bond acceptors (Lipinski definition) is 3. The smallest absolute Gasteiger partial charge is 0.176 e. The summed E-state index contributed by atoms with van der Waals surface area (Å²) in [6.07, 6.45) is -0.434. The van der Waals surface area contributed by atoms with Gasteiger partial charge in [0.2, 0.25) is 0 Å². The first kappa shape index (κ1) is 14.1. The van der Waals surface area contributed by atoms with Crippen molar-refractivity contribution in [1.82, 2.24) is 5.32 Å². The highest BCUT2D eigenvalue weighted by Crippen LogP contribution is 2.21. The largest absolute Gasteiger partial charge is 0.354 e. The molecular formula is C13H20FNO2. The van der Waals surface area contributed by atoms with Crippen LogP contribution in [0, 0.1) is 12.7 Å². The van der Waals surface area contributed by atoms with E-state index in [2.05, 4.69) is 5.32 Å². The fourth-order valence-electron chi connectivity index (χ4n) is 1.90.